The van der Waals surface area contributed by atoms with Gasteiger partial charge < -0.3 is 19.4 Å². The van der Waals surface area contributed by atoms with Gasteiger partial charge in [-0.3, -0.25) is 0 Å². The Labute approximate surface area is 94.7 Å². The maximum absolute atomic E-state index is 11.3. The highest BCUT2D eigenvalue weighted by Gasteiger charge is 2.20. The van der Waals surface area contributed by atoms with Crippen LogP contribution in [-0.2, 0) is 0 Å². The average molecular weight is 236 g/mol. The van der Waals surface area contributed by atoms with Crippen LogP contribution in [0.1, 0.15) is 10.4 Å². The van der Waals surface area contributed by atoms with Gasteiger partial charge in [0.2, 0.25) is 0 Å². The van der Waals surface area contributed by atoms with E-state index in [1.165, 1.54) is 25.3 Å². The molecule has 0 saturated carbocycles. The van der Waals surface area contributed by atoms with Crippen LogP contribution in [0.25, 0.3) is 11.0 Å². The van der Waals surface area contributed by atoms with Gasteiger partial charge in [-0.15, -0.1) is 0 Å². The van der Waals surface area contributed by atoms with Gasteiger partial charge in [0.05, 0.1) is 12.5 Å². The molecule has 6 nitrogen and oxygen atoms in total. The fourth-order valence-corrected chi connectivity index (χ4v) is 1.48. The number of hydrogen-bond donors (Lipinski definition) is 2. The maximum Gasteiger partial charge on any atom is 0.354 e. The fraction of sp³-hybridized carbons (Fsp3) is 0.0909. The molecule has 2 N–H and O–H groups in total. The quantitative estimate of drug-likeness (QED) is 0.760. The largest absolute Gasteiger partial charge is 0.506 e. The zero-order chi connectivity index (χ0) is 12.6. The SMILES string of the molecule is COc1ccc2oc(=O)c(C(=O)O)c(O)c2c1. The van der Waals surface area contributed by atoms with Crippen LogP contribution < -0.4 is 10.4 Å². The van der Waals surface area contributed by atoms with Crippen LogP contribution >= 0.6 is 0 Å². The summed E-state index contributed by atoms with van der Waals surface area (Å²) in [6.45, 7) is 0. The lowest BCUT2D eigenvalue weighted by Crippen LogP contribution is -2.13. The van der Waals surface area contributed by atoms with E-state index in [0.717, 1.165) is 0 Å². The highest BCUT2D eigenvalue weighted by atomic mass is 16.5. The van der Waals surface area contributed by atoms with Crippen LogP contribution in [0, 0.1) is 0 Å². The lowest BCUT2D eigenvalue weighted by molar-refractivity contribution is 0.0689. The molecular formula is C11H8O6. The first-order valence-electron chi connectivity index (χ1n) is 4.61. The Morgan fingerprint density at radius 2 is 2.12 bits per heavy atom. The van der Waals surface area contributed by atoms with Crippen LogP contribution in [-0.4, -0.2) is 23.3 Å². The van der Waals surface area contributed by atoms with Gasteiger partial charge in [0.25, 0.3) is 0 Å². The number of carboxylic acids is 1. The standard InChI is InChI=1S/C11H8O6/c1-16-5-2-3-7-6(4-5)9(12)8(10(13)14)11(15)17-7/h2-4,12H,1H3,(H,13,14). The molecule has 0 aliphatic heterocycles. The summed E-state index contributed by atoms with van der Waals surface area (Å²) in [5.74, 6) is -1.75. The fourth-order valence-electron chi connectivity index (χ4n) is 1.48. The van der Waals surface area contributed by atoms with Crippen LogP contribution in [0.15, 0.2) is 27.4 Å². The summed E-state index contributed by atoms with van der Waals surface area (Å²) in [5, 5.41) is 18.6. The Kier molecular flexibility index (Phi) is 2.47. The van der Waals surface area contributed by atoms with Crippen LogP contribution in [0.2, 0.25) is 0 Å². The number of carboxylic acid groups (broad SMARTS) is 1. The molecule has 0 bridgehead atoms. The molecule has 88 valence electrons. The van der Waals surface area contributed by atoms with Gasteiger partial charge in [0, 0.05) is 0 Å². The van der Waals surface area contributed by atoms with Gasteiger partial charge in [-0.05, 0) is 18.2 Å². The van der Waals surface area contributed by atoms with Crippen molar-refractivity contribution in [1.29, 1.82) is 0 Å². The zero-order valence-corrected chi connectivity index (χ0v) is 8.76. The van der Waals surface area contributed by atoms with Crippen molar-refractivity contribution in [1.82, 2.24) is 0 Å². The van der Waals surface area contributed by atoms with E-state index in [1.807, 2.05) is 0 Å². The third-order valence-electron chi connectivity index (χ3n) is 2.30. The molecule has 6 heteroatoms. The van der Waals surface area contributed by atoms with Gasteiger partial charge in [0.15, 0.2) is 5.56 Å². The van der Waals surface area contributed by atoms with E-state index in [2.05, 4.69) is 0 Å². The van der Waals surface area contributed by atoms with E-state index >= 15 is 0 Å². The smallest absolute Gasteiger partial charge is 0.354 e. The van der Waals surface area contributed by atoms with Gasteiger partial charge in [-0.2, -0.15) is 0 Å². The van der Waals surface area contributed by atoms with Crippen LogP contribution in [0.3, 0.4) is 0 Å². The minimum absolute atomic E-state index is 0.0956. The van der Waals surface area contributed by atoms with Crippen molar-refractivity contribution >= 4 is 16.9 Å². The first-order chi connectivity index (χ1) is 8.04. The van der Waals surface area contributed by atoms with Gasteiger partial charge in [-0.1, -0.05) is 0 Å². The van der Waals surface area contributed by atoms with E-state index in [4.69, 9.17) is 14.3 Å². The summed E-state index contributed by atoms with van der Waals surface area (Å²) in [7, 11) is 1.43. The summed E-state index contributed by atoms with van der Waals surface area (Å²) in [4.78, 5) is 22.1. The average Bonchev–Trinajstić information content (AvgIpc) is 2.28. The number of ether oxygens (including phenoxy) is 1. The van der Waals surface area contributed by atoms with Gasteiger partial charge in [0.1, 0.15) is 17.1 Å². The molecule has 0 fully saturated rings. The van der Waals surface area contributed by atoms with Crippen LogP contribution in [0.4, 0.5) is 0 Å². The Balaban J connectivity index is 2.88. The summed E-state index contributed by atoms with van der Waals surface area (Å²) < 4.78 is 9.71. The number of rotatable bonds is 2. The second kappa shape index (κ2) is 3.82. The molecule has 0 aliphatic rings. The van der Waals surface area contributed by atoms with E-state index in [-0.39, 0.29) is 11.0 Å². The number of aromatic carboxylic acids is 1. The van der Waals surface area contributed by atoms with Crippen molar-refractivity contribution in [3.8, 4) is 11.5 Å². The summed E-state index contributed by atoms with van der Waals surface area (Å²) in [6, 6.07) is 4.34. The number of aromatic hydroxyl groups is 1. The van der Waals surface area contributed by atoms with Gasteiger partial charge in [-0.25, -0.2) is 9.59 Å². The second-order valence-corrected chi connectivity index (χ2v) is 3.28. The minimum atomic E-state index is -1.54. The molecular weight excluding hydrogens is 228 g/mol. The predicted molar refractivity (Wildman–Crippen MR) is 57.7 cm³/mol. The van der Waals surface area contributed by atoms with Crippen molar-refractivity contribution in [3.05, 3.63) is 34.2 Å². The lowest BCUT2D eigenvalue weighted by Gasteiger charge is -2.04. The second-order valence-electron chi connectivity index (χ2n) is 3.28. The maximum atomic E-state index is 11.3. The Bertz CT molecular complexity index is 655. The number of fused-ring (bicyclic) bond motifs is 1. The number of hydrogen-bond acceptors (Lipinski definition) is 5. The van der Waals surface area contributed by atoms with E-state index in [9.17, 15) is 14.7 Å². The summed E-state index contributed by atoms with van der Waals surface area (Å²) >= 11 is 0. The number of methoxy groups -OCH3 is 1. The number of carbonyl (C=O) groups is 1. The topological polar surface area (TPSA) is 97.0 Å². The monoisotopic (exact) mass is 236 g/mol. The van der Waals surface area contributed by atoms with E-state index < -0.39 is 22.9 Å². The zero-order valence-electron chi connectivity index (χ0n) is 8.76. The molecule has 0 radical (unpaired) electrons. The van der Waals surface area contributed by atoms with Crippen molar-refractivity contribution in [2.24, 2.45) is 0 Å². The molecule has 1 aromatic carbocycles. The molecule has 1 aromatic heterocycles. The Morgan fingerprint density at radius 3 is 2.71 bits per heavy atom. The molecule has 2 aromatic rings. The van der Waals surface area contributed by atoms with Crippen molar-refractivity contribution < 1.29 is 24.2 Å². The minimum Gasteiger partial charge on any atom is -0.506 e. The third-order valence-corrected chi connectivity index (χ3v) is 2.30. The molecule has 1 heterocycles. The molecule has 0 unspecified atom stereocenters. The first-order valence-corrected chi connectivity index (χ1v) is 4.61. The Morgan fingerprint density at radius 1 is 1.41 bits per heavy atom. The first kappa shape index (κ1) is 11.0. The molecule has 0 aliphatic carbocycles. The molecule has 0 saturated heterocycles. The summed E-state index contributed by atoms with van der Waals surface area (Å²) in [5.41, 5.74) is -1.78. The molecule has 2 rings (SSSR count). The number of benzene rings is 1. The normalized spacial score (nSPS) is 10.4. The highest BCUT2D eigenvalue weighted by molar-refractivity contribution is 5.97. The van der Waals surface area contributed by atoms with E-state index in [1.54, 1.807) is 0 Å². The van der Waals surface area contributed by atoms with Crippen molar-refractivity contribution in [2.45, 2.75) is 0 Å². The highest BCUT2D eigenvalue weighted by Crippen LogP contribution is 2.29. The molecule has 0 atom stereocenters. The lowest BCUT2D eigenvalue weighted by atomic mass is 10.1. The Hall–Kier alpha value is -2.50. The third kappa shape index (κ3) is 1.69. The molecule has 0 spiro atoms. The van der Waals surface area contributed by atoms with E-state index in [0.29, 0.717) is 5.75 Å². The van der Waals surface area contributed by atoms with Gasteiger partial charge >= 0.3 is 11.6 Å². The molecule has 0 amide bonds. The van der Waals surface area contributed by atoms with Crippen LogP contribution in [0.5, 0.6) is 11.5 Å². The van der Waals surface area contributed by atoms with Crippen molar-refractivity contribution in [3.63, 3.8) is 0 Å². The summed E-state index contributed by atoms with van der Waals surface area (Å²) in [6.07, 6.45) is 0. The molecule has 17 heavy (non-hydrogen) atoms. The predicted octanol–water partition coefficient (Wildman–Crippen LogP) is 1.21. The van der Waals surface area contributed by atoms with Crippen molar-refractivity contribution in [2.75, 3.05) is 7.11 Å².